The molecular formula is C16H20ClN. The molecule has 0 bridgehead atoms. The Labute approximate surface area is 114 Å². The molecule has 0 saturated heterocycles. The minimum atomic E-state index is 0.566. The quantitative estimate of drug-likeness (QED) is 0.733. The molecule has 0 spiro atoms. The largest absolute Gasteiger partial charge is 0.252 e. The zero-order valence-electron chi connectivity index (χ0n) is 11.5. The van der Waals surface area contributed by atoms with Crippen LogP contribution in [-0.4, -0.2) is 4.98 Å². The minimum absolute atomic E-state index is 0.566. The maximum atomic E-state index is 6.49. The van der Waals surface area contributed by atoms with Crippen LogP contribution in [0.15, 0.2) is 18.2 Å². The molecule has 1 nitrogen and oxygen atoms in total. The van der Waals surface area contributed by atoms with Crippen molar-refractivity contribution in [2.24, 2.45) is 0 Å². The highest BCUT2D eigenvalue weighted by atomic mass is 35.5. The Morgan fingerprint density at radius 2 is 2.00 bits per heavy atom. The summed E-state index contributed by atoms with van der Waals surface area (Å²) >= 11 is 6.49. The van der Waals surface area contributed by atoms with Crippen LogP contribution >= 0.6 is 11.6 Å². The third-order valence-corrected chi connectivity index (χ3v) is 4.28. The molecule has 1 unspecified atom stereocenters. The van der Waals surface area contributed by atoms with E-state index in [0.717, 1.165) is 40.0 Å². The number of hydrogen-bond donors (Lipinski definition) is 0. The number of aromatic nitrogens is 1. The van der Waals surface area contributed by atoms with E-state index in [1.165, 1.54) is 5.56 Å². The Balaban J connectivity index is 2.67. The smallest absolute Gasteiger partial charge is 0.0720 e. The first-order chi connectivity index (χ1) is 8.58. The zero-order chi connectivity index (χ0) is 13.3. The molecule has 1 aromatic heterocycles. The summed E-state index contributed by atoms with van der Waals surface area (Å²) in [7, 11) is 0. The molecule has 0 aliphatic carbocycles. The average molecular weight is 262 g/mol. The number of benzene rings is 1. The molecule has 18 heavy (non-hydrogen) atoms. The number of pyridine rings is 1. The second kappa shape index (κ2) is 5.27. The Hall–Kier alpha value is -1.08. The van der Waals surface area contributed by atoms with Crippen LogP contribution < -0.4 is 0 Å². The molecule has 0 fully saturated rings. The van der Waals surface area contributed by atoms with E-state index in [-0.39, 0.29) is 0 Å². The molecule has 0 N–H and O–H groups in total. The normalized spacial score (nSPS) is 12.9. The summed E-state index contributed by atoms with van der Waals surface area (Å²) in [6.07, 6.45) is 2.07. The number of fused-ring (bicyclic) bond motifs is 1. The van der Waals surface area contributed by atoms with Gasteiger partial charge in [-0.1, -0.05) is 38.4 Å². The van der Waals surface area contributed by atoms with Crippen molar-refractivity contribution in [2.45, 2.75) is 46.5 Å². The lowest BCUT2D eigenvalue weighted by atomic mass is 9.96. The third-order valence-electron chi connectivity index (χ3n) is 3.79. The molecule has 1 aromatic carbocycles. The maximum absolute atomic E-state index is 6.49. The lowest BCUT2D eigenvalue weighted by molar-refractivity contribution is 0.734. The van der Waals surface area contributed by atoms with E-state index in [0.29, 0.717) is 5.92 Å². The zero-order valence-corrected chi connectivity index (χ0v) is 12.3. The highest BCUT2D eigenvalue weighted by Crippen LogP contribution is 2.31. The van der Waals surface area contributed by atoms with Crippen LogP contribution in [0.5, 0.6) is 0 Å². The van der Waals surface area contributed by atoms with E-state index < -0.39 is 0 Å². The number of hydrogen-bond acceptors (Lipinski definition) is 1. The number of nitrogens with zero attached hydrogens (tertiary/aromatic N) is 1. The Kier molecular flexibility index (Phi) is 3.91. The Morgan fingerprint density at radius 3 is 2.61 bits per heavy atom. The Morgan fingerprint density at radius 1 is 1.28 bits per heavy atom. The van der Waals surface area contributed by atoms with Crippen LogP contribution in [0, 0.1) is 6.92 Å². The summed E-state index contributed by atoms with van der Waals surface area (Å²) in [5, 5.41) is 1.95. The summed E-state index contributed by atoms with van der Waals surface area (Å²) in [5.41, 5.74) is 4.57. The fourth-order valence-electron chi connectivity index (χ4n) is 2.27. The van der Waals surface area contributed by atoms with Gasteiger partial charge in [0.15, 0.2) is 0 Å². The van der Waals surface area contributed by atoms with Crippen LogP contribution in [0.2, 0.25) is 5.02 Å². The van der Waals surface area contributed by atoms with E-state index >= 15 is 0 Å². The summed E-state index contributed by atoms with van der Waals surface area (Å²) < 4.78 is 0. The fraction of sp³-hybridized carbons (Fsp3) is 0.438. The Bertz CT molecular complexity index is 575. The van der Waals surface area contributed by atoms with Crippen LogP contribution in [-0.2, 0) is 6.42 Å². The standard InChI is InChI=1S/C16H20ClN/c1-5-10(3)12-7-8-15-13(9-12)16(17)11(4)14(6-2)18-15/h7-10H,5-6H2,1-4H3. The third kappa shape index (κ3) is 2.24. The van der Waals surface area contributed by atoms with Gasteiger partial charge in [0.2, 0.25) is 0 Å². The van der Waals surface area contributed by atoms with Crippen molar-refractivity contribution in [1.82, 2.24) is 4.98 Å². The van der Waals surface area contributed by atoms with Gasteiger partial charge in [0.25, 0.3) is 0 Å². The maximum Gasteiger partial charge on any atom is 0.0720 e. The highest BCUT2D eigenvalue weighted by Gasteiger charge is 2.11. The van der Waals surface area contributed by atoms with E-state index in [9.17, 15) is 0 Å². The molecule has 0 saturated carbocycles. The molecule has 2 heteroatoms. The van der Waals surface area contributed by atoms with Gasteiger partial charge >= 0.3 is 0 Å². The van der Waals surface area contributed by atoms with Crippen LogP contribution in [0.1, 0.15) is 49.9 Å². The van der Waals surface area contributed by atoms with Gasteiger partial charge in [0, 0.05) is 11.1 Å². The van der Waals surface area contributed by atoms with Crippen molar-refractivity contribution >= 4 is 22.5 Å². The van der Waals surface area contributed by atoms with Gasteiger partial charge in [0.1, 0.15) is 0 Å². The molecule has 1 heterocycles. The molecule has 0 radical (unpaired) electrons. The molecule has 0 amide bonds. The first kappa shape index (κ1) is 13.4. The summed E-state index contributed by atoms with van der Waals surface area (Å²) in [6, 6.07) is 6.47. The van der Waals surface area contributed by atoms with Gasteiger partial charge in [0.05, 0.1) is 10.5 Å². The lowest BCUT2D eigenvalue weighted by Crippen LogP contribution is -1.97. The number of aryl methyl sites for hydroxylation is 1. The fourth-order valence-corrected chi connectivity index (χ4v) is 2.53. The molecule has 2 aromatic rings. The molecule has 0 aliphatic rings. The average Bonchev–Trinajstić information content (AvgIpc) is 2.41. The van der Waals surface area contributed by atoms with Gasteiger partial charge in [-0.3, -0.25) is 4.98 Å². The first-order valence-corrected chi connectivity index (χ1v) is 7.04. The van der Waals surface area contributed by atoms with Crippen molar-refractivity contribution in [3.8, 4) is 0 Å². The second-order valence-corrected chi connectivity index (χ2v) is 5.31. The van der Waals surface area contributed by atoms with Gasteiger partial charge in [-0.05, 0) is 48.9 Å². The minimum Gasteiger partial charge on any atom is -0.252 e. The van der Waals surface area contributed by atoms with Gasteiger partial charge in [-0.15, -0.1) is 0 Å². The molecule has 2 rings (SSSR count). The lowest BCUT2D eigenvalue weighted by Gasteiger charge is -2.13. The predicted octanol–water partition coefficient (Wildman–Crippen LogP) is 5.27. The topological polar surface area (TPSA) is 12.9 Å². The van der Waals surface area contributed by atoms with Crippen molar-refractivity contribution in [1.29, 1.82) is 0 Å². The van der Waals surface area contributed by atoms with E-state index in [2.05, 4.69) is 45.9 Å². The van der Waals surface area contributed by atoms with Gasteiger partial charge in [-0.25, -0.2) is 0 Å². The first-order valence-electron chi connectivity index (χ1n) is 6.67. The predicted molar refractivity (Wildman–Crippen MR) is 79.6 cm³/mol. The van der Waals surface area contributed by atoms with Crippen molar-refractivity contribution in [3.63, 3.8) is 0 Å². The summed E-state index contributed by atoms with van der Waals surface area (Å²) in [5.74, 6) is 0.566. The van der Waals surface area contributed by atoms with Crippen LogP contribution in [0.3, 0.4) is 0 Å². The van der Waals surface area contributed by atoms with Crippen molar-refractivity contribution in [2.75, 3.05) is 0 Å². The monoisotopic (exact) mass is 261 g/mol. The van der Waals surface area contributed by atoms with E-state index in [1.54, 1.807) is 0 Å². The van der Waals surface area contributed by atoms with E-state index in [1.807, 2.05) is 0 Å². The summed E-state index contributed by atoms with van der Waals surface area (Å²) in [4.78, 5) is 4.70. The highest BCUT2D eigenvalue weighted by molar-refractivity contribution is 6.36. The molecule has 1 atom stereocenters. The van der Waals surface area contributed by atoms with E-state index in [4.69, 9.17) is 16.6 Å². The van der Waals surface area contributed by atoms with Gasteiger partial charge < -0.3 is 0 Å². The SMILES string of the molecule is CCc1nc2ccc(C(C)CC)cc2c(Cl)c1C. The molecule has 96 valence electrons. The van der Waals surface area contributed by atoms with Crippen molar-refractivity contribution in [3.05, 3.63) is 40.0 Å². The molecule has 0 aliphatic heterocycles. The van der Waals surface area contributed by atoms with Gasteiger partial charge in [-0.2, -0.15) is 0 Å². The van der Waals surface area contributed by atoms with Crippen LogP contribution in [0.25, 0.3) is 10.9 Å². The van der Waals surface area contributed by atoms with Crippen LogP contribution in [0.4, 0.5) is 0 Å². The second-order valence-electron chi connectivity index (χ2n) is 4.94. The van der Waals surface area contributed by atoms with Crippen molar-refractivity contribution < 1.29 is 0 Å². The number of rotatable bonds is 3. The molecular weight excluding hydrogens is 242 g/mol. The summed E-state index contributed by atoms with van der Waals surface area (Å²) in [6.45, 7) is 8.63. The number of halogens is 1.